The van der Waals surface area contributed by atoms with E-state index >= 15 is 0 Å². The van der Waals surface area contributed by atoms with Crippen LogP contribution in [0.5, 0.6) is 0 Å². The van der Waals surface area contributed by atoms with Crippen LogP contribution in [-0.2, 0) is 18.1 Å². The molecule has 1 unspecified atom stereocenters. The third-order valence-corrected chi connectivity index (χ3v) is 5.09. The molecule has 14 heavy (non-hydrogen) atoms. The van der Waals surface area contributed by atoms with Gasteiger partial charge < -0.3 is 14.9 Å². The van der Waals surface area contributed by atoms with Crippen LogP contribution in [0, 0.1) is 0 Å². The lowest BCUT2D eigenvalue weighted by molar-refractivity contribution is -0.118. The minimum atomic E-state index is -3.75. The number of rotatable bonds is 7. The lowest BCUT2D eigenvalue weighted by atomic mass is 10.7. The third kappa shape index (κ3) is 7.66. The van der Waals surface area contributed by atoms with Crippen LogP contribution in [0.15, 0.2) is 0 Å². The number of amides is 1. The number of hydrogen-bond acceptors (Lipinski definition) is 6. The summed E-state index contributed by atoms with van der Waals surface area (Å²) in [5.74, 6) is -0.285. The van der Waals surface area contributed by atoms with Gasteiger partial charge >= 0.3 is 6.80 Å². The van der Waals surface area contributed by atoms with E-state index < -0.39 is 6.80 Å². The minimum absolute atomic E-state index is 0.113. The molecule has 1 atom stereocenters. The minimum Gasteiger partial charge on any atom is -0.372 e. The molecule has 84 valence electrons. The van der Waals surface area contributed by atoms with Crippen molar-refractivity contribution in [2.24, 2.45) is 0 Å². The monoisotopic (exact) mass is 261 g/mol. The summed E-state index contributed by atoms with van der Waals surface area (Å²) in [7, 11) is 2.89. The molecule has 0 spiro atoms. The zero-order valence-corrected chi connectivity index (χ0v) is 10.3. The normalized spacial score (nSPS) is 14.8. The SMILES string of the molecule is CNC(=O)CSP(=O)(O)OSCOC. The molecule has 0 saturated carbocycles. The molecule has 2 N–H and O–H groups in total. The van der Waals surface area contributed by atoms with Crippen LogP contribution in [0.25, 0.3) is 0 Å². The zero-order valence-electron chi connectivity index (χ0n) is 7.76. The highest BCUT2D eigenvalue weighted by Gasteiger charge is 2.22. The van der Waals surface area contributed by atoms with Gasteiger partial charge in [0, 0.05) is 26.2 Å². The van der Waals surface area contributed by atoms with E-state index in [9.17, 15) is 9.36 Å². The average Bonchev–Trinajstić information content (AvgIpc) is 2.14. The van der Waals surface area contributed by atoms with Gasteiger partial charge in [-0.1, -0.05) is 0 Å². The van der Waals surface area contributed by atoms with E-state index in [-0.39, 0.29) is 17.6 Å². The van der Waals surface area contributed by atoms with Crippen molar-refractivity contribution in [1.29, 1.82) is 0 Å². The van der Waals surface area contributed by atoms with Crippen LogP contribution < -0.4 is 5.32 Å². The van der Waals surface area contributed by atoms with Crippen molar-refractivity contribution in [3.05, 3.63) is 0 Å². The van der Waals surface area contributed by atoms with Crippen LogP contribution in [0.2, 0.25) is 0 Å². The molecule has 0 aromatic carbocycles. The van der Waals surface area contributed by atoms with Gasteiger partial charge in [0.2, 0.25) is 5.91 Å². The molecule has 0 aliphatic heterocycles. The molecular weight excluding hydrogens is 249 g/mol. The highest BCUT2D eigenvalue weighted by atomic mass is 32.7. The predicted octanol–water partition coefficient (Wildman–Crippen LogP) is 0.835. The van der Waals surface area contributed by atoms with Crippen molar-refractivity contribution in [3.8, 4) is 0 Å². The molecular formula is C5H12NO5PS2. The number of methoxy groups -OCH3 is 1. The number of ether oxygens (including phenoxy) is 1. The van der Waals surface area contributed by atoms with Crippen molar-refractivity contribution >= 4 is 36.1 Å². The summed E-state index contributed by atoms with van der Waals surface area (Å²) in [6, 6.07) is 0. The molecule has 0 aromatic rings. The van der Waals surface area contributed by atoms with Crippen LogP contribution in [0.3, 0.4) is 0 Å². The van der Waals surface area contributed by atoms with Crippen LogP contribution in [0.4, 0.5) is 0 Å². The van der Waals surface area contributed by atoms with Crippen molar-refractivity contribution in [2.75, 3.05) is 25.8 Å². The standard InChI is InChI=1S/C5H12NO5PS2/c1-6-5(7)3-14-12(8,9)11-13-4-10-2/h3-4H2,1-2H3,(H,6,7)(H,8,9). The predicted molar refractivity (Wildman–Crippen MR) is 56.9 cm³/mol. The van der Waals surface area contributed by atoms with Crippen molar-refractivity contribution < 1.29 is 23.0 Å². The molecule has 6 nitrogen and oxygen atoms in total. The van der Waals surface area contributed by atoms with Crippen molar-refractivity contribution in [1.82, 2.24) is 5.32 Å². The Morgan fingerprint density at radius 3 is 2.79 bits per heavy atom. The first-order chi connectivity index (χ1) is 6.52. The number of hydrogen-bond donors (Lipinski definition) is 2. The Morgan fingerprint density at radius 1 is 1.64 bits per heavy atom. The van der Waals surface area contributed by atoms with Gasteiger partial charge in [0.05, 0.1) is 5.75 Å². The molecule has 0 aliphatic carbocycles. The molecule has 0 bridgehead atoms. The average molecular weight is 261 g/mol. The summed E-state index contributed by atoms with van der Waals surface area (Å²) in [6.45, 7) is -3.75. The second-order valence-corrected chi connectivity index (χ2v) is 6.72. The first kappa shape index (κ1) is 14.3. The Balaban J connectivity index is 3.72. The van der Waals surface area contributed by atoms with Gasteiger partial charge in [-0.15, -0.1) is 0 Å². The van der Waals surface area contributed by atoms with Gasteiger partial charge in [0.25, 0.3) is 0 Å². The van der Waals surface area contributed by atoms with E-state index in [1.54, 1.807) is 0 Å². The Bertz CT molecular complexity index is 226. The van der Waals surface area contributed by atoms with Crippen LogP contribution in [0.1, 0.15) is 0 Å². The van der Waals surface area contributed by atoms with E-state index in [2.05, 4.69) is 14.0 Å². The van der Waals surface area contributed by atoms with Crippen LogP contribution in [-0.4, -0.2) is 36.6 Å². The van der Waals surface area contributed by atoms with E-state index in [0.717, 1.165) is 12.0 Å². The van der Waals surface area contributed by atoms with Gasteiger partial charge in [-0.25, -0.2) is 8.54 Å². The second kappa shape index (κ2) is 7.56. The Labute approximate surface area is 90.6 Å². The number of carbonyl (C=O) groups is 1. The topological polar surface area (TPSA) is 84.9 Å². The summed E-state index contributed by atoms with van der Waals surface area (Å²) in [5, 5.41) is 2.33. The molecule has 0 saturated heterocycles. The number of carbonyl (C=O) groups excluding carboxylic acids is 1. The second-order valence-electron chi connectivity index (χ2n) is 2.01. The maximum absolute atomic E-state index is 11.1. The molecule has 0 radical (unpaired) electrons. The lowest BCUT2D eigenvalue weighted by Crippen LogP contribution is -2.19. The lowest BCUT2D eigenvalue weighted by Gasteiger charge is -2.08. The smallest absolute Gasteiger partial charge is 0.372 e. The maximum Gasteiger partial charge on any atom is 0.398 e. The van der Waals surface area contributed by atoms with E-state index in [1.807, 2.05) is 0 Å². The molecule has 0 rings (SSSR count). The van der Waals surface area contributed by atoms with Crippen molar-refractivity contribution in [3.63, 3.8) is 0 Å². The Kier molecular flexibility index (Phi) is 7.71. The molecule has 0 aromatic heterocycles. The summed E-state index contributed by atoms with van der Waals surface area (Å²) >= 11 is 1.29. The van der Waals surface area contributed by atoms with Gasteiger partial charge in [-0.05, 0) is 11.4 Å². The fourth-order valence-electron chi connectivity index (χ4n) is 0.370. The molecule has 1 amide bonds. The molecule has 9 heteroatoms. The Hall–Kier alpha value is 0.280. The Morgan fingerprint density at radius 2 is 2.29 bits per heavy atom. The molecule has 0 heterocycles. The summed E-state index contributed by atoms with van der Waals surface area (Å²) in [6.07, 6.45) is 0. The largest absolute Gasteiger partial charge is 0.398 e. The molecule has 0 aliphatic rings. The zero-order chi connectivity index (χ0) is 11.0. The first-order valence-electron chi connectivity index (χ1n) is 3.50. The van der Waals surface area contributed by atoms with Gasteiger partial charge in [-0.2, -0.15) is 0 Å². The fraction of sp³-hybridized carbons (Fsp3) is 0.800. The summed E-state index contributed by atoms with van der Waals surface area (Å²) in [5.41, 5.74) is 0. The summed E-state index contributed by atoms with van der Waals surface area (Å²) < 4.78 is 20.3. The van der Waals surface area contributed by atoms with E-state index in [1.165, 1.54) is 14.2 Å². The van der Waals surface area contributed by atoms with Crippen molar-refractivity contribution in [2.45, 2.75) is 0 Å². The van der Waals surface area contributed by atoms with E-state index in [4.69, 9.17) is 4.89 Å². The van der Waals surface area contributed by atoms with E-state index in [0.29, 0.717) is 11.4 Å². The highest BCUT2D eigenvalue weighted by molar-refractivity contribution is 8.56. The van der Waals surface area contributed by atoms with Gasteiger partial charge in [0.15, 0.2) is 0 Å². The molecule has 0 fully saturated rings. The maximum atomic E-state index is 11.1. The number of nitrogens with one attached hydrogen (secondary N) is 1. The first-order valence-corrected chi connectivity index (χ1v) is 7.58. The fourth-order valence-corrected chi connectivity index (χ4v) is 3.38. The quantitative estimate of drug-likeness (QED) is 0.304. The van der Waals surface area contributed by atoms with Crippen LogP contribution >= 0.6 is 30.2 Å². The highest BCUT2D eigenvalue weighted by Crippen LogP contribution is 2.58. The third-order valence-electron chi connectivity index (χ3n) is 0.950. The van der Waals surface area contributed by atoms with Gasteiger partial charge in [-0.3, -0.25) is 4.79 Å². The summed E-state index contributed by atoms with van der Waals surface area (Å²) in [4.78, 5) is 19.9. The van der Waals surface area contributed by atoms with Gasteiger partial charge in [0.1, 0.15) is 5.94 Å².